The van der Waals surface area contributed by atoms with E-state index < -0.39 is 0 Å². The molecule has 2 nitrogen and oxygen atoms in total. The van der Waals surface area contributed by atoms with E-state index in [1.807, 2.05) is 18.2 Å². The second-order valence-corrected chi connectivity index (χ2v) is 6.52. The molecule has 2 aromatic rings. The minimum Gasteiger partial charge on any atom is -0.398 e. The lowest BCUT2D eigenvalue weighted by Crippen LogP contribution is -2.11. The highest BCUT2D eigenvalue weighted by atomic mass is 32.1. The van der Waals surface area contributed by atoms with Gasteiger partial charge in [0.1, 0.15) is 0 Å². The molecule has 0 radical (unpaired) electrons. The Morgan fingerprint density at radius 2 is 2.11 bits per heavy atom. The Morgan fingerprint density at radius 3 is 2.89 bits per heavy atom. The van der Waals surface area contributed by atoms with Crippen LogP contribution in [-0.2, 0) is 0 Å². The van der Waals surface area contributed by atoms with Crippen LogP contribution in [0.25, 0.3) is 11.3 Å². The maximum Gasteiger partial charge on any atom is 0.0963 e. The van der Waals surface area contributed by atoms with Crippen LogP contribution in [0.15, 0.2) is 29.6 Å². The van der Waals surface area contributed by atoms with Crippen LogP contribution in [-0.4, -0.2) is 4.98 Å². The average molecular weight is 272 g/mol. The fourth-order valence-corrected chi connectivity index (χ4v) is 3.96. The van der Waals surface area contributed by atoms with Crippen molar-refractivity contribution in [1.29, 1.82) is 0 Å². The van der Waals surface area contributed by atoms with Gasteiger partial charge in [-0.1, -0.05) is 38.0 Å². The van der Waals surface area contributed by atoms with Gasteiger partial charge in [0.25, 0.3) is 0 Å². The van der Waals surface area contributed by atoms with Crippen LogP contribution in [0.1, 0.15) is 43.5 Å². The normalized spacial score (nSPS) is 23.4. The summed E-state index contributed by atoms with van der Waals surface area (Å²) in [5.41, 5.74) is 8.95. The SMILES string of the molecule is CC1CCCC(c2nc(-c3ccccc3N)cs2)C1. The molecule has 0 bridgehead atoms. The van der Waals surface area contributed by atoms with Gasteiger partial charge in [-0.25, -0.2) is 4.98 Å². The molecule has 3 rings (SSSR count). The Morgan fingerprint density at radius 1 is 1.26 bits per heavy atom. The van der Waals surface area contributed by atoms with E-state index in [1.54, 1.807) is 11.3 Å². The van der Waals surface area contributed by atoms with Gasteiger partial charge in [-0.15, -0.1) is 11.3 Å². The summed E-state index contributed by atoms with van der Waals surface area (Å²) in [6.45, 7) is 2.36. The van der Waals surface area contributed by atoms with Gasteiger partial charge in [0.15, 0.2) is 0 Å². The molecule has 1 aromatic heterocycles. The zero-order valence-electron chi connectivity index (χ0n) is 11.3. The maximum absolute atomic E-state index is 6.03. The minimum atomic E-state index is 0.660. The quantitative estimate of drug-likeness (QED) is 0.806. The van der Waals surface area contributed by atoms with Crippen LogP contribution in [0.3, 0.4) is 0 Å². The molecular weight excluding hydrogens is 252 g/mol. The van der Waals surface area contributed by atoms with Crippen LogP contribution in [0, 0.1) is 5.92 Å². The Bertz CT molecular complexity index is 561. The summed E-state index contributed by atoms with van der Waals surface area (Å²) in [6.07, 6.45) is 5.30. The van der Waals surface area contributed by atoms with Crippen molar-refractivity contribution in [1.82, 2.24) is 4.98 Å². The van der Waals surface area contributed by atoms with Crippen molar-refractivity contribution in [2.24, 2.45) is 5.92 Å². The van der Waals surface area contributed by atoms with Crippen molar-refractivity contribution in [3.05, 3.63) is 34.7 Å². The first-order valence-electron chi connectivity index (χ1n) is 7.04. The van der Waals surface area contributed by atoms with Crippen molar-refractivity contribution in [2.75, 3.05) is 5.73 Å². The number of nitrogens with zero attached hydrogens (tertiary/aromatic N) is 1. The van der Waals surface area contributed by atoms with E-state index in [4.69, 9.17) is 10.7 Å². The first-order chi connectivity index (χ1) is 9.24. The number of thiazole rings is 1. The Kier molecular flexibility index (Phi) is 3.56. The molecule has 2 atom stereocenters. The van der Waals surface area contributed by atoms with Gasteiger partial charge >= 0.3 is 0 Å². The maximum atomic E-state index is 6.03. The first-order valence-corrected chi connectivity index (χ1v) is 7.92. The topological polar surface area (TPSA) is 38.9 Å². The Hall–Kier alpha value is -1.35. The first kappa shape index (κ1) is 12.7. The molecule has 0 spiro atoms. The van der Waals surface area contributed by atoms with Crippen molar-refractivity contribution in [2.45, 2.75) is 38.5 Å². The molecule has 0 amide bonds. The van der Waals surface area contributed by atoms with Crippen LogP contribution in [0.2, 0.25) is 0 Å². The number of benzene rings is 1. The number of hydrogen-bond acceptors (Lipinski definition) is 3. The van der Waals surface area contributed by atoms with E-state index in [0.29, 0.717) is 5.92 Å². The van der Waals surface area contributed by atoms with Crippen LogP contribution < -0.4 is 5.73 Å². The number of hydrogen-bond donors (Lipinski definition) is 1. The van der Waals surface area contributed by atoms with Crippen molar-refractivity contribution >= 4 is 17.0 Å². The van der Waals surface area contributed by atoms with Gasteiger partial charge in [-0.3, -0.25) is 0 Å². The Labute approximate surface area is 118 Å². The molecule has 1 aliphatic rings. The molecule has 19 heavy (non-hydrogen) atoms. The summed E-state index contributed by atoms with van der Waals surface area (Å²) in [7, 11) is 0. The van der Waals surface area contributed by atoms with Gasteiger partial charge in [-0.05, 0) is 24.8 Å². The van der Waals surface area contributed by atoms with E-state index in [-0.39, 0.29) is 0 Å². The van der Waals surface area contributed by atoms with E-state index in [1.165, 1.54) is 30.7 Å². The lowest BCUT2D eigenvalue weighted by molar-refractivity contribution is 0.343. The molecule has 100 valence electrons. The van der Waals surface area contributed by atoms with Gasteiger partial charge in [0.05, 0.1) is 10.7 Å². The molecule has 1 aromatic carbocycles. The number of rotatable bonds is 2. The van der Waals surface area contributed by atoms with Gasteiger partial charge < -0.3 is 5.73 Å². The molecular formula is C16H20N2S. The highest BCUT2D eigenvalue weighted by Crippen LogP contribution is 2.38. The largest absolute Gasteiger partial charge is 0.398 e. The third-order valence-corrected chi connectivity index (χ3v) is 5.05. The second-order valence-electron chi connectivity index (χ2n) is 5.63. The van der Waals surface area contributed by atoms with Gasteiger partial charge in [0.2, 0.25) is 0 Å². The lowest BCUT2D eigenvalue weighted by Gasteiger charge is -2.24. The summed E-state index contributed by atoms with van der Waals surface area (Å²) in [4.78, 5) is 4.84. The second kappa shape index (κ2) is 5.33. The molecule has 2 unspecified atom stereocenters. The molecule has 0 saturated heterocycles. The summed E-state index contributed by atoms with van der Waals surface area (Å²) in [5.74, 6) is 1.50. The molecule has 0 aliphatic heterocycles. The summed E-state index contributed by atoms with van der Waals surface area (Å²) in [6, 6.07) is 7.98. The van der Waals surface area contributed by atoms with Crippen molar-refractivity contribution < 1.29 is 0 Å². The Balaban J connectivity index is 1.85. The molecule has 1 saturated carbocycles. The predicted molar refractivity (Wildman–Crippen MR) is 82.3 cm³/mol. The number of anilines is 1. The zero-order chi connectivity index (χ0) is 13.2. The van der Waals surface area contributed by atoms with E-state index in [2.05, 4.69) is 18.4 Å². The third kappa shape index (κ3) is 2.66. The smallest absolute Gasteiger partial charge is 0.0963 e. The summed E-state index contributed by atoms with van der Waals surface area (Å²) >= 11 is 1.79. The molecule has 1 fully saturated rings. The minimum absolute atomic E-state index is 0.660. The van der Waals surface area contributed by atoms with Crippen molar-refractivity contribution in [3.63, 3.8) is 0 Å². The van der Waals surface area contributed by atoms with E-state index >= 15 is 0 Å². The fourth-order valence-electron chi connectivity index (χ4n) is 2.99. The highest BCUT2D eigenvalue weighted by molar-refractivity contribution is 7.10. The molecule has 1 heterocycles. The number of nitrogen functional groups attached to an aromatic ring is 1. The van der Waals surface area contributed by atoms with Crippen molar-refractivity contribution in [3.8, 4) is 11.3 Å². The van der Waals surface area contributed by atoms with E-state index in [9.17, 15) is 0 Å². The zero-order valence-corrected chi connectivity index (χ0v) is 12.1. The monoisotopic (exact) mass is 272 g/mol. The lowest BCUT2D eigenvalue weighted by atomic mass is 9.83. The van der Waals surface area contributed by atoms with Gasteiger partial charge in [0, 0.05) is 22.5 Å². The van der Waals surface area contributed by atoms with Crippen LogP contribution >= 0.6 is 11.3 Å². The molecule has 1 aliphatic carbocycles. The molecule has 3 heteroatoms. The summed E-state index contributed by atoms with van der Waals surface area (Å²) < 4.78 is 0. The number of para-hydroxylation sites is 1. The average Bonchev–Trinajstić information content (AvgIpc) is 2.89. The summed E-state index contributed by atoms with van der Waals surface area (Å²) in [5, 5.41) is 3.45. The molecule has 2 N–H and O–H groups in total. The van der Waals surface area contributed by atoms with E-state index in [0.717, 1.165) is 22.9 Å². The standard InChI is InChI=1S/C16H20N2S/c1-11-5-4-6-12(9-11)16-18-15(10-19-16)13-7-2-3-8-14(13)17/h2-3,7-8,10-12H,4-6,9,17H2,1H3. The van der Waals surface area contributed by atoms with Gasteiger partial charge in [-0.2, -0.15) is 0 Å². The fraction of sp³-hybridized carbons (Fsp3) is 0.438. The predicted octanol–water partition coefficient (Wildman–Crippen LogP) is 4.69. The highest BCUT2D eigenvalue weighted by Gasteiger charge is 2.23. The number of aromatic nitrogens is 1. The number of nitrogens with two attached hydrogens (primary N) is 1. The van der Waals surface area contributed by atoms with Crippen LogP contribution in [0.4, 0.5) is 5.69 Å². The third-order valence-electron chi connectivity index (χ3n) is 4.04. The van der Waals surface area contributed by atoms with Crippen LogP contribution in [0.5, 0.6) is 0 Å².